The molecule has 0 aliphatic heterocycles. The highest BCUT2D eigenvalue weighted by atomic mass is 32.1. The first-order valence-electron chi connectivity index (χ1n) is 18.1. The van der Waals surface area contributed by atoms with E-state index in [4.69, 9.17) is 18.3 Å². The summed E-state index contributed by atoms with van der Waals surface area (Å²) < 4.78 is 79.2. The number of fused-ring (bicyclic) bond motifs is 1. The maximum Gasteiger partial charge on any atom is 0.474 e. The van der Waals surface area contributed by atoms with Crippen molar-refractivity contribution in [3.05, 3.63) is 63.5 Å². The largest absolute Gasteiger partial charge is 0.474 e. The number of pyridine rings is 2. The Hall–Kier alpha value is -4.15. The molecule has 0 aliphatic carbocycles. The van der Waals surface area contributed by atoms with Gasteiger partial charge >= 0.3 is 26.0 Å². The number of nitrogens with zero attached hydrogens (tertiary/aromatic N) is 3. The third-order valence-electron chi connectivity index (χ3n) is 8.20. The molecule has 0 bridgehead atoms. The SMILES string of the molecule is CCNC(=O)Nc1cc(-c2nc(C(F)(F)F)cs2)c(-c2ccc3c(c2)c(=O)c(C(=O)OCC)cn3C(COP(=O)(OCC(C)C)OCC(C)C)C(C)(C)C)cn1. The molecule has 4 aromatic rings. The highest BCUT2D eigenvalue weighted by Crippen LogP contribution is 2.52. The first-order chi connectivity index (χ1) is 26.2. The molecular weight excluding hydrogens is 774 g/mol. The smallest absolute Gasteiger partial charge is 0.462 e. The highest BCUT2D eigenvalue weighted by molar-refractivity contribution is 7.48. The van der Waals surface area contributed by atoms with Crippen LogP contribution in [0, 0.1) is 17.3 Å². The fourth-order valence-corrected chi connectivity index (χ4v) is 7.78. The molecule has 306 valence electrons. The minimum absolute atomic E-state index is 0.00879. The molecule has 1 unspecified atom stereocenters. The molecule has 0 fully saturated rings. The molecule has 0 saturated heterocycles. The number of nitrogens with one attached hydrogen (secondary N) is 2. The predicted molar refractivity (Wildman–Crippen MR) is 210 cm³/mol. The van der Waals surface area contributed by atoms with Crippen LogP contribution in [0.5, 0.6) is 0 Å². The maximum atomic E-state index is 14.1. The summed E-state index contributed by atoms with van der Waals surface area (Å²) in [5.41, 5.74) is -1.45. The number of urea groups is 1. The van der Waals surface area contributed by atoms with Crippen LogP contribution in [0.3, 0.4) is 0 Å². The molecule has 0 aliphatic rings. The van der Waals surface area contributed by atoms with E-state index in [1.807, 2.05) is 48.5 Å². The number of alkyl halides is 3. The molecule has 2 amide bonds. The molecule has 3 heterocycles. The van der Waals surface area contributed by atoms with Crippen molar-refractivity contribution < 1.29 is 45.6 Å². The number of carbonyl (C=O) groups is 2. The second-order valence-corrected chi connectivity index (χ2v) is 17.4. The lowest BCUT2D eigenvalue weighted by atomic mass is 9.86. The maximum absolute atomic E-state index is 14.1. The monoisotopic (exact) mass is 823 g/mol. The fraction of sp³-hybridized carbons (Fsp3) is 0.500. The number of carbonyl (C=O) groups excluding carboxylic acids is 2. The van der Waals surface area contributed by atoms with Crippen LogP contribution >= 0.6 is 19.2 Å². The van der Waals surface area contributed by atoms with Gasteiger partial charge in [-0.1, -0.05) is 54.5 Å². The Kier molecular flexibility index (Phi) is 14.6. The molecule has 18 heteroatoms. The highest BCUT2D eigenvalue weighted by Gasteiger charge is 2.36. The Morgan fingerprint density at radius 3 is 2.16 bits per heavy atom. The standard InChI is InChI=1S/C38H49F3N5O8PS/c1-10-42-36(49)45-32-15-25(34-44-30(21-56-34)38(39,40)41)27(16-43-32)24-12-13-29-26(14-24)33(47)28(35(48)51-11-2)17-46(29)31(37(7,8)9)20-54-55(50,52-18-22(3)4)53-19-23(5)6/h12-17,21-23,31H,10-11,18-20H2,1-9H3,(H2,42,43,45,49). The first-order valence-corrected chi connectivity index (χ1v) is 20.5. The molecule has 0 spiro atoms. The van der Waals surface area contributed by atoms with Gasteiger partial charge < -0.3 is 14.6 Å². The Labute approximate surface area is 327 Å². The number of ether oxygens (including phenoxy) is 1. The number of hydrogen-bond acceptors (Lipinski definition) is 11. The number of hydrogen-bond donors (Lipinski definition) is 2. The van der Waals surface area contributed by atoms with Gasteiger partial charge in [0.05, 0.1) is 38.0 Å². The van der Waals surface area contributed by atoms with Crippen LogP contribution in [-0.2, 0) is 29.0 Å². The fourth-order valence-electron chi connectivity index (χ4n) is 5.42. The summed E-state index contributed by atoms with van der Waals surface area (Å²) in [5, 5.41) is 6.08. The number of phosphoric ester groups is 1. The van der Waals surface area contributed by atoms with Crippen LogP contribution in [0.15, 0.2) is 46.8 Å². The zero-order valence-electron chi connectivity index (χ0n) is 32.9. The van der Waals surface area contributed by atoms with Gasteiger partial charge in [-0.05, 0) is 54.9 Å². The average molecular weight is 824 g/mol. The number of esters is 1. The van der Waals surface area contributed by atoms with Crippen molar-refractivity contribution in [2.24, 2.45) is 17.3 Å². The number of rotatable bonds is 16. The van der Waals surface area contributed by atoms with E-state index in [2.05, 4.69) is 20.6 Å². The van der Waals surface area contributed by atoms with E-state index in [0.717, 1.165) is 16.7 Å². The van der Waals surface area contributed by atoms with Crippen LogP contribution < -0.4 is 16.1 Å². The molecule has 2 N–H and O–H groups in total. The topological polar surface area (TPSA) is 160 Å². The van der Waals surface area contributed by atoms with E-state index < -0.39 is 48.6 Å². The second kappa shape index (κ2) is 18.4. The van der Waals surface area contributed by atoms with Gasteiger partial charge in [0.1, 0.15) is 16.4 Å². The van der Waals surface area contributed by atoms with E-state index in [-0.39, 0.29) is 65.6 Å². The Morgan fingerprint density at radius 1 is 0.964 bits per heavy atom. The number of halogens is 3. The van der Waals surface area contributed by atoms with E-state index >= 15 is 0 Å². The zero-order chi connectivity index (χ0) is 41.6. The van der Waals surface area contributed by atoms with Crippen LogP contribution in [0.4, 0.5) is 23.8 Å². The molecule has 0 saturated carbocycles. The van der Waals surface area contributed by atoms with Crippen molar-refractivity contribution in [1.29, 1.82) is 0 Å². The molecule has 3 aromatic heterocycles. The van der Waals surface area contributed by atoms with Gasteiger partial charge in [0.15, 0.2) is 5.69 Å². The summed E-state index contributed by atoms with van der Waals surface area (Å²) >= 11 is 0.749. The van der Waals surface area contributed by atoms with Crippen molar-refractivity contribution in [3.63, 3.8) is 0 Å². The summed E-state index contributed by atoms with van der Waals surface area (Å²) in [7, 11) is -4.07. The Morgan fingerprint density at radius 2 is 1.61 bits per heavy atom. The number of anilines is 1. The molecule has 4 rings (SSSR count). The molecular formula is C38H49F3N5O8PS. The normalized spacial score (nSPS) is 13.0. The molecule has 56 heavy (non-hydrogen) atoms. The van der Waals surface area contributed by atoms with E-state index in [1.165, 1.54) is 24.5 Å². The van der Waals surface area contributed by atoms with Gasteiger partial charge in [-0.3, -0.25) is 23.7 Å². The number of phosphoric acid groups is 1. The number of benzene rings is 1. The summed E-state index contributed by atoms with van der Waals surface area (Å²) in [6.45, 7) is 17.0. The van der Waals surface area contributed by atoms with Crippen LogP contribution in [-0.4, -0.2) is 59.5 Å². The van der Waals surface area contributed by atoms with Gasteiger partial charge in [-0.2, -0.15) is 13.2 Å². The van der Waals surface area contributed by atoms with Crippen LogP contribution in [0.1, 0.15) is 84.4 Å². The molecule has 1 aromatic carbocycles. The van der Waals surface area contributed by atoms with Crippen molar-refractivity contribution in [2.75, 3.05) is 38.3 Å². The average Bonchev–Trinajstić information content (AvgIpc) is 3.62. The van der Waals surface area contributed by atoms with Gasteiger partial charge in [0.25, 0.3) is 0 Å². The number of amides is 2. The van der Waals surface area contributed by atoms with Crippen molar-refractivity contribution >= 4 is 47.9 Å². The van der Waals surface area contributed by atoms with Crippen LogP contribution in [0.2, 0.25) is 0 Å². The predicted octanol–water partition coefficient (Wildman–Crippen LogP) is 9.58. The summed E-state index contributed by atoms with van der Waals surface area (Å²) in [6.07, 6.45) is -1.96. The van der Waals surface area contributed by atoms with Crippen molar-refractivity contribution in [2.45, 2.75) is 74.5 Å². The molecule has 13 nitrogen and oxygen atoms in total. The molecule has 0 radical (unpaired) electrons. The van der Waals surface area contributed by atoms with Crippen molar-refractivity contribution in [1.82, 2.24) is 19.9 Å². The van der Waals surface area contributed by atoms with Gasteiger partial charge in [0.2, 0.25) is 5.43 Å². The lowest BCUT2D eigenvalue weighted by molar-refractivity contribution is -0.140. The number of thiazole rings is 1. The third kappa shape index (κ3) is 11.2. The Balaban J connectivity index is 1.93. The minimum Gasteiger partial charge on any atom is -0.462 e. The minimum atomic E-state index is -4.70. The quantitative estimate of drug-likeness (QED) is 0.0823. The summed E-state index contributed by atoms with van der Waals surface area (Å²) in [5.74, 6) is -0.762. The van der Waals surface area contributed by atoms with E-state index in [1.54, 1.807) is 30.5 Å². The van der Waals surface area contributed by atoms with E-state index in [0.29, 0.717) is 23.2 Å². The lowest BCUT2D eigenvalue weighted by Gasteiger charge is -2.35. The van der Waals surface area contributed by atoms with Gasteiger partial charge in [-0.15, -0.1) is 11.3 Å². The van der Waals surface area contributed by atoms with Gasteiger partial charge in [0, 0.05) is 40.8 Å². The lowest BCUT2D eigenvalue weighted by Crippen LogP contribution is -2.31. The Bertz CT molecular complexity index is 2110. The zero-order valence-corrected chi connectivity index (χ0v) is 34.6. The first kappa shape index (κ1) is 44.6. The molecule has 1 atom stereocenters. The van der Waals surface area contributed by atoms with Crippen LogP contribution in [0.25, 0.3) is 32.6 Å². The van der Waals surface area contributed by atoms with Gasteiger partial charge in [-0.25, -0.2) is 24.1 Å². The number of aromatic nitrogens is 3. The second-order valence-electron chi connectivity index (χ2n) is 14.9. The van der Waals surface area contributed by atoms with E-state index in [9.17, 15) is 32.1 Å². The van der Waals surface area contributed by atoms with Crippen molar-refractivity contribution in [3.8, 4) is 21.7 Å². The summed E-state index contributed by atoms with van der Waals surface area (Å²) in [6, 6.07) is 4.96. The summed E-state index contributed by atoms with van der Waals surface area (Å²) in [4.78, 5) is 47.9. The third-order valence-corrected chi connectivity index (χ3v) is 10.5.